The fraction of sp³-hybridized carbons (Fsp3) is 0.316. The normalized spacial score (nSPS) is 13.2. The largest absolute Gasteiger partial charge is 0.300 e. The lowest BCUT2D eigenvalue weighted by atomic mass is 9.90. The van der Waals surface area contributed by atoms with E-state index in [1.807, 2.05) is 12.1 Å². The summed E-state index contributed by atoms with van der Waals surface area (Å²) >= 11 is 0. The number of nitriles is 1. The van der Waals surface area contributed by atoms with E-state index in [0.717, 1.165) is 18.4 Å². The molecule has 0 bridgehead atoms. The number of aromatic nitrogens is 1. The number of hydrogen-bond donors (Lipinski definition) is 0. The Morgan fingerprint density at radius 1 is 1.17 bits per heavy atom. The number of pyridine rings is 1. The zero-order valence-electron chi connectivity index (χ0n) is 13.1. The molecule has 0 radical (unpaired) electrons. The van der Waals surface area contributed by atoms with Crippen molar-refractivity contribution in [3.8, 4) is 17.3 Å². The van der Waals surface area contributed by atoms with Crippen LogP contribution < -0.4 is 5.56 Å². The maximum atomic E-state index is 12.4. The Hall–Kier alpha value is -2.67. The van der Waals surface area contributed by atoms with Crippen LogP contribution in [0.3, 0.4) is 0 Å². The lowest BCUT2D eigenvalue weighted by Gasteiger charge is -2.18. The summed E-state index contributed by atoms with van der Waals surface area (Å²) in [6.07, 6.45) is 4.56. The first-order valence-corrected chi connectivity index (χ1v) is 7.85. The number of Topliss-reactive ketones (excluding diaryl/α,β-unsaturated/α-hetero) is 1. The van der Waals surface area contributed by atoms with Crippen LogP contribution in [0.5, 0.6) is 0 Å². The molecule has 0 N–H and O–H groups in total. The van der Waals surface area contributed by atoms with Gasteiger partial charge in [0.2, 0.25) is 0 Å². The van der Waals surface area contributed by atoms with E-state index in [-0.39, 0.29) is 17.9 Å². The second-order valence-electron chi connectivity index (χ2n) is 6.03. The predicted octanol–water partition coefficient (Wildman–Crippen LogP) is 2.85. The topological polar surface area (TPSA) is 62.9 Å². The van der Waals surface area contributed by atoms with E-state index in [9.17, 15) is 9.59 Å². The molecule has 4 heteroatoms. The van der Waals surface area contributed by atoms with Gasteiger partial charge in [0.1, 0.15) is 17.4 Å². The molecule has 0 saturated heterocycles. The summed E-state index contributed by atoms with van der Waals surface area (Å²) in [7, 11) is 0. The van der Waals surface area contributed by atoms with Gasteiger partial charge in [0.25, 0.3) is 5.56 Å². The van der Waals surface area contributed by atoms with Crippen molar-refractivity contribution in [2.45, 2.75) is 39.2 Å². The number of aryl methyl sites for hydroxylation is 2. The maximum absolute atomic E-state index is 12.4. The summed E-state index contributed by atoms with van der Waals surface area (Å²) in [4.78, 5) is 23.9. The predicted molar refractivity (Wildman–Crippen MR) is 88.2 cm³/mol. The molecule has 1 aromatic heterocycles. The van der Waals surface area contributed by atoms with Crippen molar-refractivity contribution in [1.82, 2.24) is 4.57 Å². The quantitative estimate of drug-likeness (QED) is 0.876. The Balaban J connectivity index is 2.16. The number of hydrogen-bond acceptors (Lipinski definition) is 3. The molecule has 1 heterocycles. The molecule has 0 fully saturated rings. The van der Waals surface area contributed by atoms with Crippen molar-refractivity contribution in [2.75, 3.05) is 0 Å². The minimum atomic E-state index is -0.405. The van der Waals surface area contributed by atoms with Crippen LogP contribution in [0.15, 0.2) is 35.1 Å². The van der Waals surface area contributed by atoms with Gasteiger partial charge in [-0.2, -0.15) is 5.26 Å². The molecule has 1 aliphatic rings. The number of rotatable bonds is 3. The van der Waals surface area contributed by atoms with E-state index in [0.29, 0.717) is 5.69 Å². The summed E-state index contributed by atoms with van der Waals surface area (Å²) in [6.45, 7) is 1.43. The van der Waals surface area contributed by atoms with Crippen LogP contribution in [-0.2, 0) is 24.2 Å². The number of nitrogens with zero attached hydrogens (tertiary/aromatic N) is 2. The fourth-order valence-corrected chi connectivity index (χ4v) is 3.19. The monoisotopic (exact) mass is 306 g/mol. The van der Waals surface area contributed by atoms with Crippen molar-refractivity contribution < 1.29 is 4.79 Å². The van der Waals surface area contributed by atoms with Gasteiger partial charge in [0.15, 0.2) is 0 Å². The zero-order valence-corrected chi connectivity index (χ0v) is 13.1. The van der Waals surface area contributed by atoms with Gasteiger partial charge in [-0.15, -0.1) is 0 Å². The second kappa shape index (κ2) is 6.21. The molecule has 0 amide bonds. The summed E-state index contributed by atoms with van der Waals surface area (Å²) in [6, 6.07) is 11.4. The maximum Gasteiger partial charge on any atom is 0.269 e. The Labute approximate surface area is 135 Å². The van der Waals surface area contributed by atoms with Gasteiger partial charge in [-0.3, -0.25) is 14.2 Å². The van der Waals surface area contributed by atoms with Crippen molar-refractivity contribution >= 4 is 5.78 Å². The highest BCUT2D eigenvalue weighted by atomic mass is 16.1. The van der Waals surface area contributed by atoms with Crippen LogP contribution in [0.4, 0.5) is 0 Å². The average Bonchev–Trinajstić information content (AvgIpc) is 2.56. The molecular formula is C19H18N2O2. The summed E-state index contributed by atoms with van der Waals surface area (Å²) in [5.41, 5.74) is 3.96. The van der Waals surface area contributed by atoms with E-state index in [2.05, 4.69) is 12.1 Å². The third kappa shape index (κ3) is 2.95. The average molecular weight is 306 g/mol. The van der Waals surface area contributed by atoms with E-state index in [1.54, 1.807) is 6.07 Å². The van der Waals surface area contributed by atoms with Crippen molar-refractivity contribution in [1.29, 1.82) is 5.26 Å². The van der Waals surface area contributed by atoms with Gasteiger partial charge in [0.05, 0.1) is 12.2 Å². The lowest BCUT2D eigenvalue weighted by molar-refractivity contribution is -0.117. The summed E-state index contributed by atoms with van der Waals surface area (Å²) < 4.78 is 1.41. The highest BCUT2D eigenvalue weighted by Gasteiger charge is 2.15. The van der Waals surface area contributed by atoms with Crippen LogP contribution in [0.2, 0.25) is 0 Å². The number of carbonyl (C=O) groups is 1. The molecule has 116 valence electrons. The number of fused-ring (bicyclic) bond motifs is 1. The molecule has 0 spiro atoms. The Morgan fingerprint density at radius 3 is 2.61 bits per heavy atom. The smallest absolute Gasteiger partial charge is 0.269 e. The van der Waals surface area contributed by atoms with Gasteiger partial charge >= 0.3 is 0 Å². The second-order valence-corrected chi connectivity index (χ2v) is 6.03. The molecular weight excluding hydrogens is 288 g/mol. The molecule has 4 nitrogen and oxygen atoms in total. The van der Waals surface area contributed by atoms with Gasteiger partial charge < -0.3 is 0 Å². The SMILES string of the molecule is CC(=O)Cn1c(-c2ccc3c(c2)CCCC3)ccc(C#N)c1=O. The first-order chi connectivity index (χ1) is 11.1. The lowest BCUT2D eigenvalue weighted by Crippen LogP contribution is -2.26. The van der Waals surface area contributed by atoms with Crippen LogP contribution in [-0.4, -0.2) is 10.4 Å². The Bertz CT molecular complexity index is 872. The van der Waals surface area contributed by atoms with Crippen LogP contribution in [0.25, 0.3) is 11.3 Å². The van der Waals surface area contributed by atoms with Gasteiger partial charge in [-0.1, -0.05) is 12.1 Å². The molecule has 1 aromatic carbocycles. The highest BCUT2D eigenvalue weighted by molar-refractivity contribution is 5.76. The summed E-state index contributed by atoms with van der Waals surface area (Å²) in [5.74, 6) is -0.110. The standard InChI is InChI=1S/C19H18N2O2/c1-13(22)12-21-18(9-8-17(11-20)19(21)23)16-7-6-14-4-2-3-5-15(14)10-16/h6-10H,2-5,12H2,1H3. The van der Waals surface area contributed by atoms with Gasteiger partial charge in [-0.25, -0.2) is 0 Å². The first-order valence-electron chi connectivity index (χ1n) is 7.85. The van der Waals surface area contributed by atoms with Crippen molar-refractivity contribution in [2.24, 2.45) is 0 Å². The van der Waals surface area contributed by atoms with E-state index in [4.69, 9.17) is 5.26 Å². The third-order valence-corrected chi connectivity index (χ3v) is 4.32. The van der Waals surface area contributed by atoms with E-state index < -0.39 is 5.56 Å². The van der Waals surface area contributed by atoms with Gasteiger partial charge in [-0.05, 0) is 67.5 Å². The molecule has 2 aromatic rings. The fourth-order valence-electron chi connectivity index (χ4n) is 3.19. The van der Waals surface area contributed by atoms with Crippen molar-refractivity contribution in [3.05, 3.63) is 57.4 Å². The molecule has 23 heavy (non-hydrogen) atoms. The number of ketones is 1. The Kier molecular flexibility index (Phi) is 4.12. The van der Waals surface area contributed by atoms with Gasteiger partial charge in [0, 0.05) is 0 Å². The molecule has 1 aliphatic carbocycles. The number of carbonyl (C=O) groups excluding carboxylic acids is 1. The Morgan fingerprint density at radius 2 is 1.91 bits per heavy atom. The number of benzene rings is 1. The van der Waals surface area contributed by atoms with Crippen LogP contribution in [0.1, 0.15) is 36.5 Å². The molecule has 3 rings (SSSR count). The highest BCUT2D eigenvalue weighted by Crippen LogP contribution is 2.27. The minimum absolute atomic E-state index is 0.0131. The van der Waals surface area contributed by atoms with E-state index >= 15 is 0 Å². The van der Waals surface area contributed by atoms with Crippen LogP contribution >= 0.6 is 0 Å². The summed E-state index contributed by atoms with van der Waals surface area (Å²) in [5, 5.41) is 9.05. The molecule has 0 saturated carbocycles. The van der Waals surface area contributed by atoms with E-state index in [1.165, 1.54) is 41.5 Å². The van der Waals surface area contributed by atoms with Crippen LogP contribution in [0, 0.1) is 11.3 Å². The molecule has 0 unspecified atom stereocenters. The zero-order chi connectivity index (χ0) is 16.4. The van der Waals surface area contributed by atoms with Crippen molar-refractivity contribution in [3.63, 3.8) is 0 Å². The molecule has 0 aliphatic heterocycles. The third-order valence-electron chi connectivity index (χ3n) is 4.32. The first kappa shape index (κ1) is 15.2. The minimum Gasteiger partial charge on any atom is -0.300 e. The molecule has 0 atom stereocenters.